The quantitative estimate of drug-likeness (QED) is 0.849. The molecule has 0 radical (unpaired) electrons. The van der Waals surface area contributed by atoms with E-state index in [1.807, 2.05) is 31.2 Å². The first-order chi connectivity index (χ1) is 12.6. The minimum Gasteiger partial charge on any atom is -0.352 e. The number of nitrogens with zero attached hydrogens (tertiary/aromatic N) is 4. The predicted octanol–water partition coefficient (Wildman–Crippen LogP) is 2.65. The second-order valence-corrected chi connectivity index (χ2v) is 8.21. The molecule has 1 aromatic heterocycles. The summed E-state index contributed by atoms with van der Waals surface area (Å²) in [6.45, 7) is 5.38. The normalized spacial score (nSPS) is 19.4. The number of halogens is 1. The van der Waals surface area contributed by atoms with Gasteiger partial charge in [0.15, 0.2) is 5.01 Å². The number of rotatable bonds is 5. The zero-order valence-corrected chi connectivity index (χ0v) is 16.3. The van der Waals surface area contributed by atoms with Crippen molar-refractivity contribution in [1.82, 2.24) is 20.4 Å². The van der Waals surface area contributed by atoms with Crippen LogP contribution in [-0.2, 0) is 4.79 Å². The number of hydrogen-bond donors (Lipinski definition) is 1. The monoisotopic (exact) mass is 391 g/mol. The first kappa shape index (κ1) is 17.7. The molecule has 6 nitrogen and oxygen atoms in total. The molecule has 1 atom stereocenters. The molecule has 2 aliphatic rings. The van der Waals surface area contributed by atoms with Gasteiger partial charge in [-0.2, -0.15) is 0 Å². The third-order valence-electron chi connectivity index (χ3n) is 4.95. The number of piperazine rings is 1. The standard InChI is InChI=1S/C18H22ClN5OS/c1-12(16(25)20-13-6-7-13)23-8-10-24(11-9-23)18-22-21-17(26-18)14-4-2-3-5-15(14)19/h2-5,12-13H,6-11H2,1H3,(H,20,25). The lowest BCUT2D eigenvalue weighted by molar-refractivity contribution is -0.126. The van der Waals surface area contributed by atoms with Crippen molar-refractivity contribution in [3.8, 4) is 10.6 Å². The molecule has 1 saturated carbocycles. The first-order valence-corrected chi connectivity index (χ1v) is 10.2. The molecule has 2 fully saturated rings. The first-order valence-electron chi connectivity index (χ1n) is 8.99. The van der Waals surface area contributed by atoms with Crippen LogP contribution in [0.5, 0.6) is 0 Å². The van der Waals surface area contributed by atoms with Crippen LogP contribution in [0, 0.1) is 0 Å². The minimum atomic E-state index is -0.0779. The molecule has 1 aromatic carbocycles. The molecule has 26 heavy (non-hydrogen) atoms. The van der Waals surface area contributed by atoms with E-state index in [1.165, 1.54) is 0 Å². The van der Waals surface area contributed by atoms with Gasteiger partial charge in [-0.1, -0.05) is 41.1 Å². The third kappa shape index (κ3) is 3.84. The highest BCUT2D eigenvalue weighted by Crippen LogP contribution is 2.33. The van der Waals surface area contributed by atoms with E-state index in [1.54, 1.807) is 11.3 Å². The maximum absolute atomic E-state index is 12.2. The van der Waals surface area contributed by atoms with Gasteiger partial charge in [-0.15, -0.1) is 10.2 Å². The number of amides is 1. The molecule has 4 rings (SSSR count). The number of benzene rings is 1. The molecule has 2 aromatic rings. The summed E-state index contributed by atoms with van der Waals surface area (Å²) in [4.78, 5) is 16.7. The molecule has 1 aliphatic carbocycles. The average Bonchev–Trinajstić information content (AvgIpc) is 3.34. The lowest BCUT2D eigenvalue weighted by atomic mass is 10.2. The molecule has 8 heteroatoms. The van der Waals surface area contributed by atoms with Gasteiger partial charge in [0, 0.05) is 37.8 Å². The van der Waals surface area contributed by atoms with Crippen molar-refractivity contribution >= 4 is 34.0 Å². The maximum atomic E-state index is 12.2. The fraction of sp³-hybridized carbons (Fsp3) is 0.500. The van der Waals surface area contributed by atoms with Gasteiger partial charge < -0.3 is 10.2 Å². The van der Waals surface area contributed by atoms with Gasteiger partial charge in [0.05, 0.1) is 11.1 Å². The summed E-state index contributed by atoms with van der Waals surface area (Å²) < 4.78 is 0. The van der Waals surface area contributed by atoms with Crippen LogP contribution in [0.25, 0.3) is 10.6 Å². The van der Waals surface area contributed by atoms with E-state index < -0.39 is 0 Å². The summed E-state index contributed by atoms with van der Waals surface area (Å²) in [6.07, 6.45) is 2.24. The van der Waals surface area contributed by atoms with Gasteiger partial charge >= 0.3 is 0 Å². The second-order valence-electron chi connectivity index (χ2n) is 6.85. The molecule has 138 valence electrons. The Bertz CT molecular complexity index is 785. The Kier molecular flexibility index (Phi) is 5.11. The minimum absolute atomic E-state index is 0.0779. The van der Waals surface area contributed by atoms with Gasteiger partial charge in [-0.3, -0.25) is 9.69 Å². The van der Waals surface area contributed by atoms with Crippen LogP contribution in [-0.4, -0.2) is 59.3 Å². The number of anilines is 1. The topological polar surface area (TPSA) is 61.4 Å². The highest BCUT2D eigenvalue weighted by atomic mass is 35.5. The van der Waals surface area contributed by atoms with Crippen molar-refractivity contribution < 1.29 is 4.79 Å². The van der Waals surface area contributed by atoms with Gasteiger partial charge in [0.2, 0.25) is 11.0 Å². The van der Waals surface area contributed by atoms with Crippen LogP contribution < -0.4 is 10.2 Å². The number of carbonyl (C=O) groups excluding carboxylic acids is 1. The molecule has 1 aliphatic heterocycles. The fourth-order valence-corrected chi connectivity index (χ4v) is 4.32. The van der Waals surface area contributed by atoms with Gasteiger partial charge in [-0.25, -0.2) is 0 Å². The number of carbonyl (C=O) groups is 1. The number of nitrogens with one attached hydrogen (secondary N) is 1. The van der Waals surface area contributed by atoms with Crippen LogP contribution in [0.1, 0.15) is 19.8 Å². The van der Waals surface area contributed by atoms with Crippen molar-refractivity contribution in [3.05, 3.63) is 29.3 Å². The maximum Gasteiger partial charge on any atom is 0.237 e. The van der Waals surface area contributed by atoms with E-state index in [-0.39, 0.29) is 11.9 Å². The van der Waals surface area contributed by atoms with Crippen LogP contribution in [0.2, 0.25) is 5.02 Å². The molecule has 0 spiro atoms. The summed E-state index contributed by atoms with van der Waals surface area (Å²) in [5, 5.41) is 14.2. The molecule has 2 heterocycles. The third-order valence-corrected chi connectivity index (χ3v) is 6.30. The molecular weight excluding hydrogens is 370 g/mol. The predicted molar refractivity (Wildman–Crippen MR) is 105 cm³/mol. The zero-order valence-electron chi connectivity index (χ0n) is 14.7. The average molecular weight is 392 g/mol. The van der Waals surface area contributed by atoms with E-state index in [9.17, 15) is 4.79 Å². The second kappa shape index (κ2) is 7.50. The van der Waals surface area contributed by atoms with E-state index in [2.05, 4.69) is 25.3 Å². The van der Waals surface area contributed by atoms with Crippen LogP contribution in [0.4, 0.5) is 5.13 Å². The van der Waals surface area contributed by atoms with Gasteiger partial charge in [0.1, 0.15) is 0 Å². The van der Waals surface area contributed by atoms with E-state index in [4.69, 9.17) is 11.6 Å². The Morgan fingerprint density at radius 3 is 2.65 bits per heavy atom. The van der Waals surface area contributed by atoms with Gasteiger partial charge in [-0.05, 0) is 25.8 Å². The highest BCUT2D eigenvalue weighted by Gasteiger charge is 2.30. The molecule has 1 N–H and O–H groups in total. The zero-order chi connectivity index (χ0) is 18.1. The Balaban J connectivity index is 1.36. The highest BCUT2D eigenvalue weighted by molar-refractivity contribution is 7.18. The molecule has 1 unspecified atom stereocenters. The Labute approximate surface area is 162 Å². The number of hydrogen-bond acceptors (Lipinski definition) is 6. The number of aromatic nitrogens is 2. The molecule has 1 amide bonds. The summed E-state index contributed by atoms with van der Waals surface area (Å²) in [5.74, 6) is 0.151. The summed E-state index contributed by atoms with van der Waals surface area (Å²) >= 11 is 7.82. The molecule has 0 bridgehead atoms. The van der Waals surface area contributed by atoms with Crippen LogP contribution in [0.3, 0.4) is 0 Å². The smallest absolute Gasteiger partial charge is 0.237 e. The van der Waals surface area contributed by atoms with Crippen LogP contribution in [0.15, 0.2) is 24.3 Å². The van der Waals surface area contributed by atoms with E-state index >= 15 is 0 Å². The Morgan fingerprint density at radius 1 is 1.23 bits per heavy atom. The van der Waals surface area contributed by atoms with Crippen molar-refractivity contribution in [2.45, 2.75) is 31.8 Å². The summed E-state index contributed by atoms with van der Waals surface area (Å²) in [6, 6.07) is 8.03. The summed E-state index contributed by atoms with van der Waals surface area (Å²) in [7, 11) is 0. The van der Waals surface area contributed by atoms with Crippen LogP contribution >= 0.6 is 22.9 Å². The van der Waals surface area contributed by atoms with Crippen molar-refractivity contribution in [3.63, 3.8) is 0 Å². The SMILES string of the molecule is CC(C(=O)NC1CC1)N1CCN(c2nnc(-c3ccccc3Cl)s2)CC1. The Morgan fingerprint density at radius 2 is 1.96 bits per heavy atom. The largest absolute Gasteiger partial charge is 0.352 e. The Hall–Kier alpha value is -1.70. The van der Waals surface area contributed by atoms with Crippen molar-refractivity contribution in [1.29, 1.82) is 0 Å². The van der Waals surface area contributed by atoms with Crippen molar-refractivity contribution in [2.75, 3.05) is 31.1 Å². The lowest BCUT2D eigenvalue weighted by Gasteiger charge is -2.37. The summed E-state index contributed by atoms with van der Waals surface area (Å²) in [5.41, 5.74) is 0.918. The molecule has 1 saturated heterocycles. The lowest BCUT2D eigenvalue weighted by Crippen LogP contribution is -2.54. The van der Waals surface area contributed by atoms with E-state index in [0.29, 0.717) is 11.1 Å². The molecular formula is C18H22ClN5OS. The van der Waals surface area contributed by atoms with Crippen molar-refractivity contribution in [2.24, 2.45) is 0 Å². The fourth-order valence-electron chi connectivity index (χ4n) is 3.10. The van der Waals surface area contributed by atoms with E-state index in [0.717, 1.165) is 54.7 Å². The van der Waals surface area contributed by atoms with Gasteiger partial charge in [0.25, 0.3) is 0 Å².